The Morgan fingerprint density at radius 3 is 2.85 bits per heavy atom. The first-order valence-electron chi connectivity index (χ1n) is 3.64. The molecule has 0 heterocycles. The Morgan fingerprint density at radius 2 is 2.23 bits per heavy atom. The number of primary amides is 1. The number of hydrogen-bond donors (Lipinski definition) is 1. The van der Waals surface area contributed by atoms with E-state index in [9.17, 15) is 4.79 Å². The van der Waals surface area contributed by atoms with E-state index in [4.69, 9.17) is 15.7 Å². The minimum absolute atomic E-state index is 0.210. The van der Waals surface area contributed by atoms with Crippen LogP contribution in [-0.2, 0) is 4.79 Å². The number of ether oxygens (including phenoxy) is 1. The molecule has 0 fully saturated rings. The maximum atomic E-state index is 10.4. The molecule has 4 nitrogen and oxygen atoms in total. The van der Waals surface area contributed by atoms with E-state index in [0.717, 1.165) is 0 Å². The summed E-state index contributed by atoms with van der Waals surface area (Å²) in [7, 11) is 0. The molecule has 4 heteroatoms. The molecule has 2 N–H and O–H groups in total. The van der Waals surface area contributed by atoms with Gasteiger partial charge in [-0.25, -0.2) is 0 Å². The van der Waals surface area contributed by atoms with Crippen molar-refractivity contribution >= 4 is 5.91 Å². The van der Waals surface area contributed by atoms with Gasteiger partial charge in [0.1, 0.15) is 11.8 Å². The summed E-state index contributed by atoms with van der Waals surface area (Å²) in [6, 6.07) is 8.60. The molecule has 0 saturated heterocycles. The van der Waals surface area contributed by atoms with Crippen LogP contribution in [0.3, 0.4) is 0 Å². The van der Waals surface area contributed by atoms with Gasteiger partial charge in [-0.2, -0.15) is 5.26 Å². The van der Waals surface area contributed by atoms with E-state index in [2.05, 4.69) is 0 Å². The Morgan fingerprint density at radius 1 is 1.54 bits per heavy atom. The van der Waals surface area contributed by atoms with Gasteiger partial charge in [0.05, 0.1) is 5.56 Å². The van der Waals surface area contributed by atoms with Gasteiger partial charge in [0.2, 0.25) is 0 Å². The number of nitrogens with zero attached hydrogens (tertiary/aromatic N) is 1. The van der Waals surface area contributed by atoms with Gasteiger partial charge < -0.3 is 10.5 Å². The second-order valence-electron chi connectivity index (χ2n) is 2.36. The lowest BCUT2D eigenvalue weighted by atomic mass is 10.2. The molecular formula is C9H8N2O2. The van der Waals surface area contributed by atoms with Gasteiger partial charge in [0, 0.05) is 0 Å². The lowest BCUT2D eigenvalue weighted by Gasteiger charge is -2.03. The molecule has 1 amide bonds. The number of rotatable bonds is 3. The lowest BCUT2D eigenvalue weighted by molar-refractivity contribution is -0.119. The third kappa shape index (κ3) is 2.49. The minimum Gasteiger partial charge on any atom is -0.482 e. The number of nitriles is 1. The summed E-state index contributed by atoms with van der Waals surface area (Å²) in [5.41, 5.74) is 5.28. The molecule has 0 spiro atoms. The van der Waals surface area contributed by atoms with Crippen LogP contribution in [0.5, 0.6) is 5.75 Å². The zero-order valence-electron chi connectivity index (χ0n) is 6.86. The highest BCUT2D eigenvalue weighted by atomic mass is 16.5. The van der Waals surface area contributed by atoms with Crippen molar-refractivity contribution in [1.29, 1.82) is 5.26 Å². The molecule has 0 aromatic heterocycles. The highest BCUT2D eigenvalue weighted by Gasteiger charge is 2.02. The normalized spacial score (nSPS) is 8.85. The summed E-state index contributed by atoms with van der Waals surface area (Å²) in [5.74, 6) is -0.184. The fourth-order valence-electron chi connectivity index (χ4n) is 0.834. The van der Waals surface area contributed by atoms with Crippen LogP contribution in [0, 0.1) is 11.3 Å². The zero-order chi connectivity index (χ0) is 9.68. The maximum Gasteiger partial charge on any atom is 0.255 e. The van der Waals surface area contributed by atoms with Crippen LogP contribution in [0.15, 0.2) is 24.3 Å². The fourth-order valence-corrected chi connectivity index (χ4v) is 0.834. The van der Waals surface area contributed by atoms with Gasteiger partial charge >= 0.3 is 0 Å². The molecule has 0 radical (unpaired) electrons. The van der Waals surface area contributed by atoms with Gasteiger partial charge in [0.25, 0.3) is 5.91 Å². The molecule has 0 aliphatic rings. The minimum atomic E-state index is -0.562. The predicted octanol–water partition coefficient (Wildman–Crippen LogP) is 0.422. The Kier molecular flexibility index (Phi) is 2.87. The van der Waals surface area contributed by atoms with Gasteiger partial charge in [-0.05, 0) is 12.1 Å². The Labute approximate surface area is 75.5 Å². The van der Waals surface area contributed by atoms with E-state index in [0.29, 0.717) is 11.3 Å². The number of amides is 1. The summed E-state index contributed by atoms with van der Waals surface area (Å²) < 4.78 is 4.99. The molecule has 13 heavy (non-hydrogen) atoms. The van der Waals surface area contributed by atoms with Crippen LogP contribution in [0.25, 0.3) is 0 Å². The molecule has 66 valence electrons. The molecule has 1 aromatic rings. The van der Waals surface area contributed by atoms with Crippen LogP contribution in [-0.4, -0.2) is 12.5 Å². The first-order chi connectivity index (χ1) is 6.24. The van der Waals surface area contributed by atoms with E-state index < -0.39 is 5.91 Å². The molecule has 1 rings (SSSR count). The monoisotopic (exact) mass is 176 g/mol. The number of para-hydroxylation sites is 1. The van der Waals surface area contributed by atoms with Crippen molar-refractivity contribution in [3.63, 3.8) is 0 Å². The molecule has 0 aliphatic carbocycles. The summed E-state index contributed by atoms with van der Waals surface area (Å²) in [6.45, 7) is -0.210. The van der Waals surface area contributed by atoms with E-state index in [-0.39, 0.29) is 6.61 Å². The third-order valence-electron chi connectivity index (χ3n) is 1.38. The number of benzene rings is 1. The molecule has 0 atom stereocenters. The summed E-state index contributed by atoms with van der Waals surface area (Å²) >= 11 is 0. The standard InChI is InChI=1S/C9H8N2O2/c10-5-7-3-1-2-4-8(7)13-6-9(11)12/h1-4H,6H2,(H2,11,12). The highest BCUT2D eigenvalue weighted by molar-refractivity contribution is 5.75. The molecular weight excluding hydrogens is 168 g/mol. The SMILES string of the molecule is N#Cc1ccccc1OCC(N)=O. The van der Waals surface area contributed by atoms with Gasteiger partial charge in [-0.15, -0.1) is 0 Å². The van der Waals surface area contributed by atoms with Crippen LogP contribution in [0.4, 0.5) is 0 Å². The number of carbonyl (C=O) groups is 1. The van der Waals surface area contributed by atoms with Gasteiger partial charge in [0.15, 0.2) is 6.61 Å². The van der Waals surface area contributed by atoms with E-state index in [1.807, 2.05) is 6.07 Å². The van der Waals surface area contributed by atoms with Crippen molar-refractivity contribution < 1.29 is 9.53 Å². The smallest absolute Gasteiger partial charge is 0.255 e. The van der Waals surface area contributed by atoms with Crippen molar-refractivity contribution in [3.8, 4) is 11.8 Å². The van der Waals surface area contributed by atoms with Crippen LogP contribution in [0.2, 0.25) is 0 Å². The first kappa shape index (κ1) is 9.07. The second kappa shape index (κ2) is 4.12. The maximum absolute atomic E-state index is 10.4. The molecule has 1 aromatic carbocycles. The summed E-state index contributed by atoms with van der Waals surface area (Å²) in [4.78, 5) is 10.4. The Hall–Kier alpha value is -2.02. The second-order valence-corrected chi connectivity index (χ2v) is 2.36. The third-order valence-corrected chi connectivity index (χ3v) is 1.38. The van der Waals surface area contributed by atoms with Crippen molar-refractivity contribution in [3.05, 3.63) is 29.8 Å². The Balaban J connectivity index is 2.77. The first-order valence-corrected chi connectivity index (χ1v) is 3.64. The van der Waals surface area contributed by atoms with Crippen LogP contribution < -0.4 is 10.5 Å². The van der Waals surface area contributed by atoms with E-state index >= 15 is 0 Å². The van der Waals surface area contributed by atoms with Gasteiger partial charge in [-0.1, -0.05) is 12.1 Å². The quantitative estimate of drug-likeness (QED) is 0.725. The number of hydrogen-bond acceptors (Lipinski definition) is 3. The highest BCUT2D eigenvalue weighted by Crippen LogP contribution is 2.15. The van der Waals surface area contributed by atoms with E-state index in [1.54, 1.807) is 24.3 Å². The summed E-state index contributed by atoms with van der Waals surface area (Å²) in [5, 5.41) is 8.64. The van der Waals surface area contributed by atoms with Crippen molar-refractivity contribution in [2.45, 2.75) is 0 Å². The van der Waals surface area contributed by atoms with Crippen molar-refractivity contribution in [2.75, 3.05) is 6.61 Å². The van der Waals surface area contributed by atoms with Gasteiger partial charge in [-0.3, -0.25) is 4.79 Å². The Bertz CT molecular complexity index is 355. The molecule has 0 saturated carbocycles. The predicted molar refractivity (Wildman–Crippen MR) is 45.8 cm³/mol. The average Bonchev–Trinajstić information content (AvgIpc) is 2.15. The van der Waals surface area contributed by atoms with Crippen molar-refractivity contribution in [2.24, 2.45) is 5.73 Å². The van der Waals surface area contributed by atoms with Crippen molar-refractivity contribution in [1.82, 2.24) is 0 Å². The fraction of sp³-hybridized carbons (Fsp3) is 0.111. The molecule has 0 aliphatic heterocycles. The van der Waals surface area contributed by atoms with Crippen LogP contribution in [0.1, 0.15) is 5.56 Å². The lowest BCUT2D eigenvalue weighted by Crippen LogP contribution is -2.20. The number of carbonyl (C=O) groups excluding carboxylic acids is 1. The topological polar surface area (TPSA) is 76.1 Å². The average molecular weight is 176 g/mol. The summed E-state index contributed by atoms with van der Waals surface area (Å²) in [6.07, 6.45) is 0. The largest absolute Gasteiger partial charge is 0.482 e. The van der Waals surface area contributed by atoms with Crippen LogP contribution >= 0.6 is 0 Å². The zero-order valence-corrected chi connectivity index (χ0v) is 6.86. The molecule has 0 unspecified atom stereocenters. The molecule has 0 bridgehead atoms. The number of nitrogens with two attached hydrogens (primary N) is 1. The van der Waals surface area contributed by atoms with E-state index in [1.165, 1.54) is 0 Å².